The summed E-state index contributed by atoms with van der Waals surface area (Å²) in [6, 6.07) is 8.66. The molecule has 0 bridgehead atoms. The maximum atomic E-state index is 12.0. The van der Waals surface area contributed by atoms with Crippen LogP contribution in [0.1, 0.15) is 23.7 Å². The fourth-order valence-electron chi connectivity index (χ4n) is 1.85. The summed E-state index contributed by atoms with van der Waals surface area (Å²) in [6.45, 7) is 2.29. The highest BCUT2D eigenvalue weighted by Gasteiger charge is 2.15. The summed E-state index contributed by atoms with van der Waals surface area (Å²) in [5, 5.41) is 13.4. The van der Waals surface area contributed by atoms with Gasteiger partial charge in [-0.15, -0.1) is 0 Å². The van der Waals surface area contributed by atoms with Gasteiger partial charge in [-0.25, -0.2) is 9.48 Å². The third-order valence-electron chi connectivity index (χ3n) is 2.76. The average Bonchev–Trinajstić information content (AvgIpc) is 2.41. The highest BCUT2D eigenvalue weighted by Crippen LogP contribution is 2.21. The average molecular weight is 337 g/mol. The molecule has 0 aliphatic rings. The number of aromatic nitrogens is 2. The van der Waals surface area contributed by atoms with Gasteiger partial charge in [-0.3, -0.25) is 4.79 Å². The van der Waals surface area contributed by atoms with Gasteiger partial charge in [0.15, 0.2) is 0 Å². The van der Waals surface area contributed by atoms with E-state index in [0.29, 0.717) is 18.7 Å². The zero-order valence-electron chi connectivity index (χ0n) is 10.8. The lowest BCUT2D eigenvalue weighted by Crippen LogP contribution is -2.28. The molecule has 1 aromatic carbocycles. The molecule has 0 aliphatic carbocycles. The van der Waals surface area contributed by atoms with Crippen LogP contribution in [-0.2, 0) is 6.54 Å². The second-order valence-electron chi connectivity index (χ2n) is 4.29. The summed E-state index contributed by atoms with van der Waals surface area (Å²) in [6.07, 6.45) is 0.702. The molecule has 2 aromatic rings. The molecule has 5 nitrogen and oxygen atoms in total. The standard InChI is InChI=1S/C14H13BrN2O3/c1-2-6-17-13(18)11(14(19)20)8-12(16-17)9-4-3-5-10(15)7-9/h3-5,7-8H,2,6H2,1H3,(H,19,20). The molecule has 0 saturated carbocycles. The van der Waals surface area contributed by atoms with E-state index in [0.717, 1.165) is 10.0 Å². The maximum absolute atomic E-state index is 12.0. The van der Waals surface area contributed by atoms with E-state index in [2.05, 4.69) is 21.0 Å². The Morgan fingerprint density at radius 3 is 2.75 bits per heavy atom. The summed E-state index contributed by atoms with van der Waals surface area (Å²) >= 11 is 3.36. The summed E-state index contributed by atoms with van der Waals surface area (Å²) in [5.74, 6) is -1.24. The number of aromatic carboxylic acids is 1. The fraction of sp³-hybridized carbons (Fsp3) is 0.214. The van der Waals surface area contributed by atoms with Crippen molar-refractivity contribution in [2.75, 3.05) is 0 Å². The molecule has 1 aromatic heterocycles. The van der Waals surface area contributed by atoms with Gasteiger partial charge in [-0.2, -0.15) is 5.10 Å². The predicted octanol–water partition coefficient (Wildman–Crippen LogP) is 2.78. The Hall–Kier alpha value is -1.95. The first-order chi connectivity index (χ1) is 9.52. The van der Waals surface area contributed by atoms with Gasteiger partial charge in [-0.05, 0) is 24.6 Å². The molecule has 6 heteroatoms. The summed E-state index contributed by atoms with van der Waals surface area (Å²) < 4.78 is 2.07. The van der Waals surface area contributed by atoms with Crippen LogP contribution < -0.4 is 5.56 Å². The van der Waals surface area contributed by atoms with E-state index in [-0.39, 0.29) is 5.56 Å². The predicted molar refractivity (Wildman–Crippen MR) is 78.9 cm³/mol. The molecule has 104 valence electrons. The largest absolute Gasteiger partial charge is 0.477 e. The van der Waals surface area contributed by atoms with Crippen LogP contribution in [0.5, 0.6) is 0 Å². The molecular formula is C14H13BrN2O3. The van der Waals surface area contributed by atoms with Crippen molar-refractivity contribution in [3.05, 3.63) is 50.7 Å². The number of rotatable bonds is 4. The van der Waals surface area contributed by atoms with Gasteiger partial charge in [0, 0.05) is 16.6 Å². The minimum absolute atomic E-state index is 0.261. The van der Waals surface area contributed by atoms with E-state index in [1.54, 1.807) is 0 Å². The summed E-state index contributed by atoms with van der Waals surface area (Å²) in [4.78, 5) is 23.1. The first kappa shape index (κ1) is 14.5. The van der Waals surface area contributed by atoms with Crippen molar-refractivity contribution in [1.82, 2.24) is 9.78 Å². The van der Waals surface area contributed by atoms with Gasteiger partial charge in [0.05, 0.1) is 5.69 Å². The van der Waals surface area contributed by atoms with E-state index < -0.39 is 11.5 Å². The molecule has 0 unspecified atom stereocenters. The Labute approximate surface area is 124 Å². The Kier molecular flexibility index (Phi) is 4.34. The minimum atomic E-state index is -1.24. The quantitative estimate of drug-likeness (QED) is 0.931. The Morgan fingerprint density at radius 2 is 2.15 bits per heavy atom. The third-order valence-corrected chi connectivity index (χ3v) is 3.25. The van der Waals surface area contributed by atoms with Gasteiger partial charge in [0.2, 0.25) is 0 Å². The number of aryl methyl sites for hydroxylation is 1. The van der Waals surface area contributed by atoms with Crippen molar-refractivity contribution in [3.63, 3.8) is 0 Å². The van der Waals surface area contributed by atoms with E-state index in [1.807, 2.05) is 31.2 Å². The molecule has 1 N–H and O–H groups in total. The number of hydrogen-bond acceptors (Lipinski definition) is 3. The molecule has 1 heterocycles. The maximum Gasteiger partial charge on any atom is 0.341 e. The van der Waals surface area contributed by atoms with Crippen molar-refractivity contribution in [1.29, 1.82) is 0 Å². The van der Waals surface area contributed by atoms with Crippen molar-refractivity contribution < 1.29 is 9.90 Å². The molecule has 2 rings (SSSR count). The topological polar surface area (TPSA) is 72.2 Å². The number of carboxylic acids is 1. The smallest absolute Gasteiger partial charge is 0.341 e. The lowest BCUT2D eigenvalue weighted by molar-refractivity contribution is 0.0693. The van der Waals surface area contributed by atoms with Crippen molar-refractivity contribution in [2.45, 2.75) is 19.9 Å². The van der Waals surface area contributed by atoms with Crippen LogP contribution in [0, 0.1) is 0 Å². The second-order valence-corrected chi connectivity index (χ2v) is 5.20. The number of carboxylic acid groups (broad SMARTS) is 1. The van der Waals surface area contributed by atoms with Crippen LogP contribution in [0.3, 0.4) is 0 Å². The second kappa shape index (κ2) is 6.00. The number of hydrogen-bond donors (Lipinski definition) is 1. The Balaban J connectivity index is 2.65. The highest BCUT2D eigenvalue weighted by molar-refractivity contribution is 9.10. The zero-order valence-corrected chi connectivity index (χ0v) is 12.4. The van der Waals surface area contributed by atoms with Crippen molar-refractivity contribution in [3.8, 4) is 11.3 Å². The molecular weight excluding hydrogens is 324 g/mol. The van der Waals surface area contributed by atoms with Crippen LogP contribution in [0.2, 0.25) is 0 Å². The molecule has 0 radical (unpaired) electrons. The minimum Gasteiger partial charge on any atom is -0.477 e. The normalized spacial score (nSPS) is 10.5. The molecule has 0 spiro atoms. The molecule has 20 heavy (non-hydrogen) atoms. The molecule has 0 amide bonds. The van der Waals surface area contributed by atoms with Gasteiger partial charge in [0.1, 0.15) is 5.56 Å². The van der Waals surface area contributed by atoms with Gasteiger partial charge in [-0.1, -0.05) is 35.0 Å². The summed E-state index contributed by atoms with van der Waals surface area (Å²) in [5.41, 5.74) is 0.394. The van der Waals surface area contributed by atoms with Gasteiger partial charge < -0.3 is 5.11 Å². The highest BCUT2D eigenvalue weighted by atomic mass is 79.9. The first-order valence-corrected chi connectivity index (χ1v) is 6.93. The monoisotopic (exact) mass is 336 g/mol. The van der Waals surface area contributed by atoms with Crippen molar-refractivity contribution in [2.24, 2.45) is 0 Å². The number of benzene rings is 1. The Morgan fingerprint density at radius 1 is 1.40 bits per heavy atom. The van der Waals surface area contributed by atoms with Crippen LogP contribution in [0.15, 0.2) is 39.6 Å². The number of halogens is 1. The van der Waals surface area contributed by atoms with Crippen LogP contribution >= 0.6 is 15.9 Å². The lowest BCUT2D eigenvalue weighted by Gasteiger charge is -2.08. The molecule has 0 fully saturated rings. The summed E-state index contributed by atoms with van der Waals surface area (Å²) in [7, 11) is 0. The van der Waals surface area contributed by atoms with E-state index >= 15 is 0 Å². The van der Waals surface area contributed by atoms with Gasteiger partial charge >= 0.3 is 5.97 Å². The number of nitrogens with zero attached hydrogens (tertiary/aromatic N) is 2. The van der Waals surface area contributed by atoms with E-state index in [1.165, 1.54) is 10.7 Å². The number of carbonyl (C=O) groups is 1. The molecule has 0 atom stereocenters. The molecule has 0 saturated heterocycles. The fourth-order valence-corrected chi connectivity index (χ4v) is 2.25. The first-order valence-electron chi connectivity index (χ1n) is 6.14. The lowest BCUT2D eigenvalue weighted by atomic mass is 10.1. The van der Waals surface area contributed by atoms with Crippen LogP contribution in [0.25, 0.3) is 11.3 Å². The molecule has 0 aliphatic heterocycles. The Bertz CT molecular complexity index is 710. The zero-order chi connectivity index (χ0) is 14.7. The van der Waals surface area contributed by atoms with Crippen molar-refractivity contribution >= 4 is 21.9 Å². The van der Waals surface area contributed by atoms with Crippen LogP contribution in [-0.4, -0.2) is 20.9 Å². The van der Waals surface area contributed by atoms with Crippen LogP contribution in [0.4, 0.5) is 0 Å². The van der Waals surface area contributed by atoms with E-state index in [9.17, 15) is 9.59 Å². The van der Waals surface area contributed by atoms with Gasteiger partial charge in [0.25, 0.3) is 5.56 Å². The third kappa shape index (κ3) is 2.96. The SMILES string of the molecule is CCCn1nc(-c2cccc(Br)c2)cc(C(=O)O)c1=O. The van der Waals surface area contributed by atoms with E-state index in [4.69, 9.17) is 5.11 Å².